The minimum atomic E-state index is 0.195. The molecule has 3 rings (SSSR count). The number of nitrogens with zero attached hydrogens (tertiary/aromatic N) is 2. The Balaban J connectivity index is 2.26. The van der Waals surface area contributed by atoms with Gasteiger partial charge in [-0.3, -0.25) is 0 Å². The number of phenols is 1. The second-order valence-electron chi connectivity index (χ2n) is 4.87. The highest BCUT2D eigenvalue weighted by molar-refractivity contribution is 5.82. The number of rotatable bonds is 2. The SMILES string of the molecule is COc1ccc(O)c(-c2nc3cc(C)ccc3n2C)c1. The molecule has 1 N–H and O–H groups in total. The second-order valence-corrected chi connectivity index (χ2v) is 4.87. The first-order chi connectivity index (χ1) is 9.60. The van der Waals surface area contributed by atoms with Crippen molar-refractivity contribution >= 4 is 11.0 Å². The third-order valence-corrected chi connectivity index (χ3v) is 3.48. The van der Waals surface area contributed by atoms with Crippen LogP contribution in [0.1, 0.15) is 5.56 Å². The topological polar surface area (TPSA) is 47.3 Å². The maximum atomic E-state index is 10.1. The molecule has 0 aliphatic rings. The average Bonchev–Trinajstić information content (AvgIpc) is 2.76. The molecule has 2 aromatic carbocycles. The molecular weight excluding hydrogens is 252 g/mol. The molecule has 0 aliphatic carbocycles. The predicted octanol–water partition coefficient (Wildman–Crippen LogP) is 3.26. The fourth-order valence-electron chi connectivity index (χ4n) is 2.37. The van der Waals surface area contributed by atoms with Gasteiger partial charge >= 0.3 is 0 Å². The van der Waals surface area contributed by atoms with Gasteiger partial charge in [0.2, 0.25) is 0 Å². The fraction of sp³-hybridized carbons (Fsp3) is 0.188. The summed E-state index contributed by atoms with van der Waals surface area (Å²) in [6, 6.07) is 11.3. The molecule has 0 bridgehead atoms. The summed E-state index contributed by atoms with van der Waals surface area (Å²) in [4.78, 5) is 4.63. The molecule has 0 saturated heterocycles. The molecule has 0 spiro atoms. The van der Waals surface area contributed by atoms with Crippen molar-refractivity contribution in [3.8, 4) is 22.9 Å². The molecule has 0 unspecified atom stereocenters. The molecular formula is C16H16N2O2. The summed E-state index contributed by atoms with van der Waals surface area (Å²) in [6.45, 7) is 2.04. The molecule has 0 radical (unpaired) electrons. The number of hydrogen-bond acceptors (Lipinski definition) is 3. The molecule has 3 aromatic rings. The normalized spacial score (nSPS) is 10.9. The van der Waals surface area contributed by atoms with Crippen molar-refractivity contribution in [1.29, 1.82) is 0 Å². The number of imidazole rings is 1. The van der Waals surface area contributed by atoms with E-state index in [0.717, 1.165) is 22.4 Å². The maximum Gasteiger partial charge on any atom is 0.144 e. The van der Waals surface area contributed by atoms with Gasteiger partial charge in [-0.1, -0.05) is 6.07 Å². The quantitative estimate of drug-likeness (QED) is 0.776. The lowest BCUT2D eigenvalue weighted by Gasteiger charge is -2.07. The third kappa shape index (κ3) is 1.90. The van der Waals surface area contributed by atoms with E-state index < -0.39 is 0 Å². The molecule has 0 aliphatic heterocycles. The van der Waals surface area contributed by atoms with Crippen LogP contribution in [0.25, 0.3) is 22.4 Å². The van der Waals surface area contributed by atoms with Gasteiger partial charge in [0.25, 0.3) is 0 Å². The van der Waals surface area contributed by atoms with E-state index in [4.69, 9.17) is 4.74 Å². The molecule has 4 nitrogen and oxygen atoms in total. The van der Waals surface area contributed by atoms with Crippen molar-refractivity contribution in [3.05, 3.63) is 42.0 Å². The number of aromatic hydroxyl groups is 1. The Bertz CT molecular complexity index is 791. The van der Waals surface area contributed by atoms with Gasteiger partial charge in [-0.2, -0.15) is 0 Å². The predicted molar refractivity (Wildman–Crippen MR) is 79.1 cm³/mol. The number of hydrogen-bond donors (Lipinski definition) is 1. The highest BCUT2D eigenvalue weighted by Gasteiger charge is 2.14. The van der Waals surface area contributed by atoms with Gasteiger partial charge in [-0.25, -0.2) is 4.98 Å². The third-order valence-electron chi connectivity index (χ3n) is 3.48. The van der Waals surface area contributed by atoms with Crippen molar-refractivity contribution in [2.75, 3.05) is 7.11 Å². The second kappa shape index (κ2) is 4.56. The molecule has 0 saturated carbocycles. The van der Waals surface area contributed by atoms with Crippen LogP contribution in [0, 0.1) is 6.92 Å². The number of methoxy groups -OCH3 is 1. The number of benzene rings is 2. The fourth-order valence-corrected chi connectivity index (χ4v) is 2.37. The Hall–Kier alpha value is -2.49. The van der Waals surface area contributed by atoms with Gasteiger partial charge < -0.3 is 14.4 Å². The van der Waals surface area contributed by atoms with Crippen LogP contribution in [0.3, 0.4) is 0 Å². The molecule has 0 fully saturated rings. The number of ether oxygens (including phenoxy) is 1. The molecule has 0 atom stereocenters. The Kier molecular flexibility index (Phi) is 2.86. The number of phenolic OH excluding ortho intramolecular Hbond substituents is 1. The van der Waals surface area contributed by atoms with Gasteiger partial charge in [-0.15, -0.1) is 0 Å². The minimum Gasteiger partial charge on any atom is -0.507 e. The molecule has 20 heavy (non-hydrogen) atoms. The lowest BCUT2D eigenvalue weighted by Crippen LogP contribution is -1.93. The first-order valence-corrected chi connectivity index (χ1v) is 6.40. The largest absolute Gasteiger partial charge is 0.507 e. The highest BCUT2D eigenvalue weighted by atomic mass is 16.5. The van der Waals surface area contributed by atoms with E-state index in [1.807, 2.05) is 30.7 Å². The Morgan fingerprint density at radius 1 is 1.15 bits per heavy atom. The lowest BCUT2D eigenvalue weighted by atomic mass is 10.2. The van der Waals surface area contributed by atoms with Crippen molar-refractivity contribution < 1.29 is 9.84 Å². The maximum absolute atomic E-state index is 10.1. The van der Waals surface area contributed by atoms with Gasteiger partial charge in [-0.05, 0) is 42.8 Å². The summed E-state index contributed by atoms with van der Waals surface area (Å²) in [5.74, 6) is 1.61. The van der Waals surface area contributed by atoms with Gasteiger partial charge in [0.15, 0.2) is 0 Å². The van der Waals surface area contributed by atoms with E-state index in [-0.39, 0.29) is 5.75 Å². The van der Waals surface area contributed by atoms with Crippen molar-refractivity contribution in [3.63, 3.8) is 0 Å². The number of aromatic nitrogens is 2. The molecule has 1 aromatic heterocycles. The smallest absolute Gasteiger partial charge is 0.144 e. The zero-order valence-electron chi connectivity index (χ0n) is 11.7. The Labute approximate surface area is 117 Å². The first-order valence-electron chi connectivity index (χ1n) is 6.40. The summed E-state index contributed by atoms with van der Waals surface area (Å²) in [6.07, 6.45) is 0. The van der Waals surface area contributed by atoms with Crippen LogP contribution in [-0.2, 0) is 7.05 Å². The van der Waals surface area contributed by atoms with E-state index in [9.17, 15) is 5.11 Å². The first kappa shape index (κ1) is 12.5. The molecule has 102 valence electrons. The van der Waals surface area contributed by atoms with Crippen LogP contribution in [0.15, 0.2) is 36.4 Å². The summed E-state index contributed by atoms with van der Waals surface area (Å²) in [7, 11) is 3.55. The number of fused-ring (bicyclic) bond motifs is 1. The van der Waals surface area contributed by atoms with Crippen LogP contribution < -0.4 is 4.74 Å². The van der Waals surface area contributed by atoms with Gasteiger partial charge in [0.05, 0.1) is 23.7 Å². The van der Waals surface area contributed by atoms with E-state index >= 15 is 0 Å². The number of aryl methyl sites for hydroxylation is 2. The van der Waals surface area contributed by atoms with Crippen LogP contribution >= 0.6 is 0 Å². The van der Waals surface area contributed by atoms with Crippen LogP contribution in [0.5, 0.6) is 11.5 Å². The minimum absolute atomic E-state index is 0.195. The van der Waals surface area contributed by atoms with E-state index in [1.54, 1.807) is 25.3 Å². The van der Waals surface area contributed by atoms with Crippen LogP contribution in [-0.4, -0.2) is 21.8 Å². The Morgan fingerprint density at radius 3 is 2.70 bits per heavy atom. The standard InChI is InChI=1S/C16H16N2O2/c1-10-4-6-14-13(8-10)17-16(18(14)2)12-9-11(20-3)5-7-15(12)19/h4-9,19H,1-3H3. The monoisotopic (exact) mass is 268 g/mol. The zero-order valence-corrected chi connectivity index (χ0v) is 11.7. The summed E-state index contributed by atoms with van der Waals surface area (Å²) in [5, 5.41) is 10.1. The van der Waals surface area contributed by atoms with Gasteiger partial charge in [0.1, 0.15) is 17.3 Å². The van der Waals surface area contributed by atoms with Crippen LogP contribution in [0.4, 0.5) is 0 Å². The van der Waals surface area contributed by atoms with Crippen molar-refractivity contribution in [2.45, 2.75) is 6.92 Å². The lowest BCUT2D eigenvalue weighted by molar-refractivity contribution is 0.412. The molecule has 0 amide bonds. The van der Waals surface area contributed by atoms with Gasteiger partial charge in [0, 0.05) is 7.05 Å². The summed E-state index contributed by atoms with van der Waals surface area (Å²) < 4.78 is 7.19. The van der Waals surface area contributed by atoms with E-state index in [0.29, 0.717) is 11.3 Å². The van der Waals surface area contributed by atoms with Crippen LogP contribution in [0.2, 0.25) is 0 Å². The zero-order chi connectivity index (χ0) is 14.3. The van der Waals surface area contributed by atoms with Crippen molar-refractivity contribution in [2.24, 2.45) is 7.05 Å². The average molecular weight is 268 g/mol. The highest BCUT2D eigenvalue weighted by Crippen LogP contribution is 2.33. The van der Waals surface area contributed by atoms with Crippen molar-refractivity contribution in [1.82, 2.24) is 9.55 Å². The van der Waals surface area contributed by atoms with E-state index in [1.165, 1.54) is 0 Å². The summed E-state index contributed by atoms with van der Waals surface area (Å²) in [5.41, 5.74) is 3.79. The van der Waals surface area contributed by atoms with E-state index in [2.05, 4.69) is 11.1 Å². The molecule has 4 heteroatoms. The summed E-state index contributed by atoms with van der Waals surface area (Å²) >= 11 is 0. The molecule has 1 heterocycles. The Morgan fingerprint density at radius 2 is 1.95 bits per heavy atom.